The quantitative estimate of drug-likeness (QED) is 0.693. The van der Waals surface area contributed by atoms with Gasteiger partial charge in [0.25, 0.3) is 0 Å². The van der Waals surface area contributed by atoms with E-state index in [2.05, 4.69) is 5.10 Å². The molecular formula is C9H7F3N2. The molecule has 0 N–H and O–H groups in total. The molecule has 0 fully saturated rings. The normalized spacial score (nSPS) is 13.2. The van der Waals surface area contributed by atoms with Crippen molar-refractivity contribution in [2.24, 2.45) is 0 Å². The van der Waals surface area contributed by atoms with Crippen LogP contribution in [0.5, 0.6) is 0 Å². The molecule has 1 heterocycles. The van der Waals surface area contributed by atoms with E-state index < -0.39 is 12.7 Å². The second-order valence-electron chi connectivity index (χ2n) is 2.90. The van der Waals surface area contributed by atoms with Crippen LogP contribution >= 0.6 is 0 Å². The zero-order valence-electron chi connectivity index (χ0n) is 8.04. The summed E-state index contributed by atoms with van der Waals surface area (Å²) in [6, 6.07) is 4.64. The van der Waals surface area contributed by atoms with Crippen LogP contribution in [0, 0.1) is 0 Å². The Bertz CT molecular complexity index is 490. The smallest absolute Gasteiger partial charge is 0.256 e. The molecular weight excluding hydrogens is 193 g/mol. The fraction of sp³-hybridized carbons (Fsp3) is 0.222. The van der Waals surface area contributed by atoms with Gasteiger partial charge in [0.2, 0.25) is 0 Å². The summed E-state index contributed by atoms with van der Waals surface area (Å²) in [5, 5.41) is 4.24. The third-order valence-corrected chi connectivity index (χ3v) is 1.82. The highest BCUT2D eigenvalue weighted by Gasteiger charge is 2.28. The summed E-state index contributed by atoms with van der Waals surface area (Å²) in [5.74, 6) is 0. The van der Waals surface area contributed by atoms with Crippen molar-refractivity contribution < 1.29 is 14.5 Å². The van der Waals surface area contributed by atoms with Gasteiger partial charge < -0.3 is 0 Å². The van der Waals surface area contributed by atoms with Crippen LogP contribution in [-0.2, 0) is 6.54 Å². The fourth-order valence-electron chi connectivity index (χ4n) is 1.26. The fourth-order valence-corrected chi connectivity index (χ4v) is 1.26. The topological polar surface area (TPSA) is 17.8 Å². The molecule has 0 aliphatic heterocycles. The summed E-state index contributed by atoms with van der Waals surface area (Å²) in [6.07, 6.45) is -2.93. The highest BCUT2D eigenvalue weighted by Crippen LogP contribution is 2.20. The van der Waals surface area contributed by atoms with Crippen molar-refractivity contribution in [1.29, 1.82) is 0 Å². The molecule has 0 radical (unpaired) electrons. The Hall–Kier alpha value is -1.52. The third-order valence-electron chi connectivity index (χ3n) is 1.82. The minimum absolute atomic E-state index is 0.173. The first-order chi connectivity index (χ1) is 6.96. The van der Waals surface area contributed by atoms with Gasteiger partial charge in [-0.3, -0.25) is 4.68 Å². The van der Waals surface area contributed by atoms with Gasteiger partial charge in [-0.15, -0.1) is 0 Å². The maximum atomic E-state index is 12.1. The Morgan fingerprint density at radius 3 is 2.93 bits per heavy atom. The Balaban J connectivity index is 2.48. The maximum Gasteiger partial charge on any atom is 0.408 e. The third kappa shape index (κ3) is 1.71. The molecule has 0 atom stereocenters. The number of halogens is 3. The summed E-state index contributed by atoms with van der Waals surface area (Å²) < 4.78 is 44.6. The van der Waals surface area contributed by atoms with Crippen LogP contribution in [0.1, 0.15) is 1.37 Å². The number of nitrogens with zero attached hydrogens (tertiary/aromatic N) is 2. The molecule has 14 heavy (non-hydrogen) atoms. The van der Waals surface area contributed by atoms with Gasteiger partial charge in [-0.05, 0) is 6.07 Å². The second kappa shape index (κ2) is 3.01. The molecule has 1 aromatic heterocycles. The van der Waals surface area contributed by atoms with Crippen molar-refractivity contribution in [2.75, 3.05) is 0 Å². The largest absolute Gasteiger partial charge is 0.408 e. The van der Waals surface area contributed by atoms with E-state index in [1.54, 1.807) is 6.07 Å². The molecule has 2 nitrogen and oxygen atoms in total. The highest BCUT2D eigenvalue weighted by molar-refractivity contribution is 5.78. The lowest BCUT2D eigenvalue weighted by Crippen LogP contribution is -2.18. The van der Waals surface area contributed by atoms with Crippen LogP contribution in [0.25, 0.3) is 10.9 Å². The monoisotopic (exact) mass is 201 g/mol. The number of alkyl halides is 3. The maximum absolute atomic E-state index is 12.1. The van der Waals surface area contributed by atoms with Crippen LogP contribution in [0.3, 0.4) is 0 Å². The van der Waals surface area contributed by atoms with Crippen molar-refractivity contribution in [2.45, 2.75) is 12.7 Å². The van der Waals surface area contributed by atoms with Gasteiger partial charge in [0.15, 0.2) is 0 Å². The van der Waals surface area contributed by atoms with Crippen molar-refractivity contribution in [3.05, 3.63) is 30.4 Å². The molecule has 74 valence electrons. The first-order valence-corrected chi connectivity index (χ1v) is 3.95. The summed E-state index contributed by atoms with van der Waals surface area (Å²) in [6.45, 7) is -1.13. The van der Waals surface area contributed by atoms with Gasteiger partial charge in [-0.25, -0.2) is 0 Å². The number of rotatable bonds is 1. The minimum atomic E-state index is -4.29. The van der Waals surface area contributed by atoms with Gasteiger partial charge in [-0.1, -0.05) is 18.2 Å². The molecule has 0 spiro atoms. The predicted octanol–water partition coefficient (Wildman–Crippen LogP) is 2.60. The predicted molar refractivity (Wildman–Crippen MR) is 45.8 cm³/mol. The molecule has 2 aromatic rings. The first kappa shape index (κ1) is 7.84. The Morgan fingerprint density at radius 1 is 1.43 bits per heavy atom. The number of hydrogen-bond donors (Lipinski definition) is 0. The van der Waals surface area contributed by atoms with Crippen molar-refractivity contribution in [1.82, 2.24) is 9.78 Å². The van der Waals surface area contributed by atoms with E-state index in [1.165, 1.54) is 18.3 Å². The lowest BCUT2D eigenvalue weighted by molar-refractivity contribution is -0.141. The number of hydrogen-bond acceptors (Lipinski definition) is 1. The van der Waals surface area contributed by atoms with Gasteiger partial charge in [0, 0.05) is 5.39 Å². The molecule has 0 bridgehead atoms. The van der Waals surface area contributed by atoms with E-state index in [1.807, 2.05) is 0 Å². The van der Waals surface area contributed by atoms with E-state index in [9.17, 15) is 13.2 Å². The standard InChI is InChI=1S/C9H7F3N2/c10-9(11,12)6-14-8-4-2-1-3-7(8)5-13-14/h1-5H,6H2/i2D. The Kier molecular flexibility index (Phi) is 1.68. The Morgan fingerprint density at radius 2 is 2.21 bits per heavy atom. The van der Waals surface area contributed by atoms with E-state index in [0.29, 0.717) is 10.9 Å². The molecule has 0 saturated carbocycles. The van der Waals surface area contributed by atoms with E-state index in [4.69, 9.17) is 1.37 Å². The van der Waals surface area contributed by atoms with Crippen molar-refractivity contribution >= 4 is 10.9 Å². The molecule has 5 heteroatoms. The molecule has 0 aliphatic rings. The number of para-hydroxylation sites is 1. The van der Waals surface area contributed by atoms with Gasteiger partial charge in [-0.2, -0.15) is 18.3 Å². The number of aromatic nitrogens is 2. The summed E-state index contributed by atoms with van der Waals surface area (Å²) >= 11 is 0. The van der Waals surface area contributed by atoms with Crippen molar-refractivity contribution in [3.8, 4) is 0 Å². The minimum Gasteiger partial charge on any atom is -0.256 e. The lowest BCUT2D eigenvalue weighted by atomic mass is 10.3. The van der Waals surface area contributed by atoms with Crippen molar-refractivity contribution in [3.63, 3.8) is 0 Å². The average Bonchev–Trinajstić information content (AvgIpc) is 2.46. The van der Waals surface area contributed by atoms with Crippen LogP contribution in [0.15, 0.2) is 30.4 Å². The molecule has 2 rings (SSSR count). The van der Waals surface area contributed by atoms with Gasteiger partial charge in [0.1, 0.15) is 6.54 Å². The van der Waals surface area contributed by atoms with E-state index in [-0.39, 0.29) is 6.04 Å². The Labute approximate surface area is 79.4 Å². The molecule has 0 aliphatic carbocycles. The van der Waals surface area contributed by atoms with Crippen LogP contribution in [0.2, 0.25) is 0 Å². The lowest BCUT2D eigenvalue weighted by Gasteiger charge is -2.06. The SMILES string of the molecule is [2H]c1ccc2cnn(CC(F)(F)F)c2c1. The van der Waals surface area contributed by atoms with Gasteiger partial charge >= 0.3 is 6.18 Å². The molecule has 0 saturated heterocycles. The summed E-state index contributed by atoms with van der Waals surface area (Å²) in [5.41, 5.74) is 0.333. The zero-order chi connectivity index (χ0) is 11.1. The van der Waals surface area contributed by atoms with Crippen LogP contribution in [0.4, 0.5) is 13.2 Å². The second-order valence-corrected chi connectivity index (χ2v) is 2.90. The molecule has 0 amide bonds. The number of benzene rings is 1. The average molecular weight is 201 g/mol. The highest BCUT2D eigenvalue weighted by atomic mass is 19.4. The van der Waals surface area contributed by atoms with E-state index in [0.717, 1.165) is 4.68 Å². The molecule has 0 unspecified atom stereocenters. The van der Waals surface area contributed by atoms with E-state index >= 15 is 0 Å². The van der Waals surface area contributed by atoms with Gasteiger partial charge in [0.05, 0.1) is 13.1 Å². The van der Waals surface area contributed by atoms with Crippen LogP contribution in [-0.4, -0.2) is 16.0 Å². The summed E-state index contributed by atoms with van der Waals surface area (Å²) in [4.78, 5) is 0. The zero-order valence-corrected chi connectivity index (χ0v) is 7.04. The first-order valence-electron chi connectivity index (χ1n) is 4.45. The van der Waals surface area contributed by atoms with Crippen LogP contribution < -0.4 is 0 Å². The summed E-state index contributed by atoms with van der Waals surface area (Å²) in [7, 11) is 0. The molecule has 1 aromatic carbocycles. The number of fused-ring (bicyclic) bond motifs is 1.